The van der Waals surface area contributed by atoms with Crippen molar-refractivity contribution in [2.75, 3.05) is 6.61 Å². The Balaban J connectivity index is 1.95. The molecule has 0 aliphatic carbocycles. The molecule has 142 valence electrons. The minimum Gasteiger partial charge on any atom is -0.490 e. The van der Waals surface area contributed by atoms with Gasteiger partial charge in [0, 0.05) is 16.0 Å². The van der Waals surface area contributed by atoms with E-state index in [-0.39, 0.29) is 22.9 Å². The molecule has 5 nitrogen and oxygen atoms in total. The van der Waals surface area contributed by atoms with Gasteiger partial charge in [0.1, 0.15) is 0 Å². The largest absolute Gasteiger partial charge is 0.490 e. The lowest BCUT2D eigenvalue weighted by Gasteiger charge is -2.16. The van der Waals surface area contributed by atoms with Gasteiger partial charge in [-0.2, -0.15) is 5.10 Å². The first-order valence-electron chi connectivity index (χ1n) is 8.68. The van der Waals surface area contributed by atoms with Gasteiger partial charge in [0.2, 0.25) is 0 Å². The van der Waals surface area contributed by atoms with Gasteiger partial charge in [0.05, 0.1) is 30.4 Å². The van der Waals surface area contributed by atoms with Crippen LogP contribution in [0.15, 0.2) is 36.5 Å². The highest BCUT2D eigenvalue weighted by Gasteiger charge is 2.16. The molecule has 0 bridgehead atoms. The van der Waals surface area contributed by atoms with E-state index in [1.54, 1.807) is 29.1 Å². The van der Waals surface area contributed by atoms with Crippen molar-refractivity contribution in [3.05, 3.63) is 58.5 Å². The van der Waals surface area contributed by atoms with Crippen molar-refractivity contribution in [1.82, 2.24) is 9.78 Å². The van der Waals surface area contributed by atoms with Crippen molar-refractivity contribution in [1.29, 1.82) is 0 Å². The quantitative estimate of drug-likeness (QED) is 0.616. The highest BCUT2D eigenvalue weighted by molar-refractivity contribution is 6.30. The van der Waals surface area contributed by atoms with Crippen molar-refractivity contribution < 1.29 is 19.0 Å². The SMILES string of the molecule is CCC(C)COc1c(F)cc(Cl)cc1Cn1ncc2cc(C(=O)O)ccc21. The van der Waals surface area contributed by atoms with Gasteiger partial charge >= 0.3 is 5.97 Å². The highest BCUT2D eigenvalue weighted by Crippen LogP contribution is 2.29. The lowest BCUT2D eigenvalue weighted by atomic mass is 10.1. The number of nitrogens with zero attached hydrogens (tertiary/aromatic N) is 2. The summed E-state index contributed by atoms with van der Waals surface area (Å²) in [5.41, 5.74) is 1.51. The molecule has 2 aromatic carbocycles. The third kappa shape index (κ3) is 4.22. The number of halogens is 2. The molecule has 0 saturated carbocycles. The number of carbonyl (C=O) groups is 1. The summed E-state index contributed by atoms with van der Waals surface area (Å²) in [6, 6.07) is 7.65. The molecule has 0 aliphatic heterocycles. The van der Waals surface area contributed by atoms with E-state index < -0.39 is 11.8 Å². The minimum atomic E-state index is -0.998. The average Bonchev–Trinajstić information content (AvgIpc) is 3.02. The molecule has 0 amide bonds. The molecule has 0 saturated heterocycles. The maximum absolute atomic E-state index is 14.4. The fourth-order valence-corrected chi connectivity index (χ4v) is 2.97. The molecule has 0 aliphatic rings. The summed E-state index contributed by atoms with van der Waals surface area (Å²) in [5, 5.41) is 14.4. The van der Waals surface area contributed by atoms with Crippen molar-refractivity contribution in [3.63, 3.8) is 0 Å². The first kappa shape index (κ1) is 19.2. The summed E-state index contributed by atoms with van der Waals surface area (Å²) >= 11 is 6.04. The van der Waals surface area contributed by atoms with Crippen LogP contribution < -0.4 is 4.74 Å². The molecule has 1 aromatic heterocycles. The molecule has 1 heterocycles. The molecule has 3 aromatic rings. The maximum Gasteiger partial charge on any atom is 0.335 e. The summed E-state index contributed by atoms with van der Waals surface area (Å²) in [6.45, 7) is 4.75. The summed E-state index contributed by atoms with van der Waals surface area (Å²) in [7, 11) is 0. The van der Waals surface area contributed by atoms with Crippen molar-refractivity contribution in [2.24, 2.45) is 5.92 Å². The first-order chi connectivity index (χ1) is 12.9. The van der Waals surface area contributed by atoms with E-state index in [0.29, 0.717) is 23.5 Å². The summed E-state index contributed by atoms with van der Waals surface area (Å²) in [4.78, 5) is 11.1. The third-order valence-corrected chi connectivity index (χ3v) is 4.72. The lowest BCUT2D eigenvalue weighted by Crippen LogP contribution is -2.11. The number of carboxylic acid groups (broad SMARTS) is 1. The highest BCUT2D eigenvalue weighted by atomic mass is 35.5. The fraction of sp³-hybridized carbons (Fsp3) is 0.300. The molecule has 0 spiro atoms. The van der Waals surface area contributed by atoms with Gasteiger partial charge < -0.3 is 9.84 Å². The molecule has 3 rings (SSSR count). The summed E-state index contributed by atoms with van der Waals surface area (Å²) < 4.78 is 21.8. The van der Waals surface area contributed by atoms with Gasteiger partial charge in [0.25, 0.3) is 0 Å². The van der Waals surface area contributed by atoms with Crippen LogP contribution in [0.25, 0.3) is 10.9 Å². The van der Waals surface area contributed by atoms with Crippen LogP contribution in [-0.4, -0.2) is 27.5 Å². The van der Waals surface area contributed by atoms with Crippen LogP contribution in [0.5, 0.6) is 5.75 Å². The van der Waals surface area contributed by atoms with Crippen LogP contribution >= 0.6 is 11.6 Å². The van der Waals surface area contributed by atoms with E-state index in [2.05, 4.69) is 12.0 Å². The molecular weight excluding hydrogens is 371 g/mol. The Kier molecular flexibility index (Phi) is 5.65. The van der Waals surface area contributed by atoms with Crippen LogP contribution in [0.4, 0.5) is 4.39 Å². The summed E-state index contributed by atoms with van der Waals surface area (Å²) in [6.07, 6.45) is 2.52. The van der Waals surface area contributed by atoms with Gasteiger partial charge in [0.15, 0.2) is 11.6 Å². The topological polar surface area (TPSA) is 64.4 Å². The first-order valence-corrected chi connectivity index (χ1v) is 9.06. The van der Waals surface area contributed by atoms with Gasteiger partial charge in [-0.1, -0.05) is 31.9 Å². The maximum atomic E-state index is 14.4. The predicted octanol–water partition coefficient (Wildman–Crippen LogP) is 5.00. The Morgan fingerprint density at radius 2 is 2.15 bits per heavy atom. The van der Waals surface area contributed by atoms with Gasteiger partial charge in [-0.3, -0.25) is 4.68 Å². The van der Waals surface area contributed by atoms with Crippen LogP contribution in [0.1, 0.15) is 36.2 Å². The molecule has 27 heavy (non-hydrogen) atoms. The Hall–Kier alpha value is -2.60. The summed E-state index contributed by atoms with van der Waals surface area (Å²) in [5.74, 6) is -1.04. The molecule has 1 N–H and O–H groups in total. The normalized spacial score (nSPS) is 12.3. The van der Waals surface area contributed by atoms with E-state index in [4.69, 9.17) is 21.4 Å². The number of aromatic nitrogens is 2. The minimum absolute atomic E-state index is 0.172. The smallest absolute Gasteiger partial charge is 0.335 e. The van der Waals surface area contributed by atoms with E-state index in [0.717, 1.165) is 11.9 Å². The van der Waals surface area contributed by atoms with Crippen molar-refractivity contribution >= 4 is 28.5 Å². The van der Waals surface area contributed by atoms with E-state index in [1.165, 1.54) is 12.1 Å². The number of fused-ring (bicyclic) bond motifs is 1. The van der Waals surface area contributed by atoms with Crippen molar-refractivity contribution in [3.8, 4) is 5.75 Å². The fourth-order valence-electron chi connectivity index (χ4n) is 2.74. The monoisotopic (exact) mass is 390 g/mol. The number of ether oxygens (including phenoxy) is 1. The van der Waals surface area contributed by atoms with Gasteiger partial charge in [-0.25, -0.2) is 9.18 Å². The zero-order chi connectivity index (χ0) is 19.6. The molecule has 1 unspecified atom stereocenters. The molecule has 0 fully saturated rings. The number of rotatable bonds is 7. The number of hydrogen-bond acceptors (Lipinski definition) is 3. The Morgan fingerprint density at radius 3 is 2.85 bits per heavy atom. The van der Waals surface area contributed by atoms with Gasteiger partial charge in [-0.15, -0.1) is 0 Å². The Bertz CT molecular complexity index is 987. The second-order valence-electron chi connectivity index (χ2n) is 6.58. The third-order valence-electron chi connectivity index (χ3n) is 4.50. The average molecular weight is 391 g/mol. The number of benzene rings is 2. The number of hydrogen-bond donors (Lipinski definition) is 1. The zero-order valence-electron chi connectivity index (χ0n) is 15.1. The van der Waals surface area contributed by atoms with E-state index >= 15 is 0 Å². The van der Waals surface area contributed by atoms with Crippen LogP contribution in [0.3, 0.4) is 0 Å². The van der Waals surface area contributed by atoms with Gasteiger partial charge in [-0.05, 0) is 36.2 Å². The molecule has 1 atom stereocenters. The van der Waals surface area contributed by atoms with Crippen molar-refractivity contribution in [2.45, 2.75) is 26.8 Å². The second-order valence-corrected chi connectivity index (χ2v) is 7.02. The molecular formula is C20H20ClFN2O3. The second kappa shape index (κ2) is 7.96. The van der Waals surface area contributed by atoms with Crippen LogP contribution in [-0.2, 0) is 6.54 Å². The van der Waals surface area contributed by atoms with E-state index in [1.807, 2.05) is 6.92 Å². The molecule has 0 radical (unpaired) electrons. The Labute approximate surface area is 161 Å². The Morgan fingerprint density at radius 1 is 1.37 bits per heavy atom. The van der Waals surface area contributed by atoms with Crippen LogP contribution in [0, 0.1) is 11.7 Å². The zero-order valence-corrected chi connectivity index (χ0v) is 15.8. The standard InChI is InChI=1S/C20H20ClFN2O3/c1-3-12(2)11-27-19-15(7-16(21)8-17(19)22)10-24-18-5-4-13(20(25)26)6-14(18)9-23-24/h4-9,12H,3,10-11H2,1-2H3,(H,25,26). The number of aromatic carboxylic acids is 1. The molecule has 7 heteroatoms. The van der Waals surface area contributed by atoms with Crippen LogP contribution in [0.2, 0.25) is 5.02 Å². The predicted molar refractivity (Wildman–Crippen MR) is 102 cm³/mol. The lowest BCUT2D eigenvalue weighted by molar-refractivity contribution is 0.0697. The van der Waals surface area contributed by atoms with E-state index in [9.17, 15) is 9.18 Å². The number of carboxylic acids is 1.